The summed E-state index contributed by atoms with van der Waals surface area (Å²) in [6.45, 7) is 10.0. The van der Waals surface area contributed by atoms with Crippen LogP contribution in [0.1, 0.15) is 56.5 Å². The Morgan fingerprint density at radius 3 is 2.60 bits per heavy atom. The Bertz CT molecular complexity index is 745. The molecule has 0 saturated carbocycles. The maximum Gasteiger partial charge on any atom is 0.226 e. The van der Waals surface area contributed by atoms with Crippen LogP contribution in [0.15, 0.2) is 16.7 Å². The van der Waals surface area contributed by atoms with Crippen molar-refractivity contribution in [1.82, 2.24) is 10.1 Å². The van der Waals surface area contributed by atoms with E-state index in [1.54, 1.807) is 7.11 Å². The van der Waals surface area contributed by atoms with Crippen molar-refractivity contribution in [3.05, 3.63) is 35.0 Å². The molecule has 1 aromatic carbocycles. The van der Waals surface area contributed by atoms with E-state index in [0.29, 0.717) is 31.0 Å². The summed E-state index contributed by atoms with van der Waals surface area (Å²) < 4.78 is 10.6. The number of carbonyl (C=O) groups is 1. The first-order valence-corrected chi connectivity index (χ1v) is 8.49. The molecule has 2 aromatic rings. The number of carbonyl (C=O) groups excluding carboxylic acids is 1. The smallest absolute Gasteiger partial charge is 0.226 e. The molecule has 0 radical (unpaired) electrons. The monoisotopic (exact) mass is 345 g/mol. The zero-order chi connectivity index (χ0) is 18.6. The second-order valence-electron chi connectivity index (χ2n) is 7.25. The van der Waals surface area contributed by atoms with Crippen LogP contribution in [0.4, 0.5) is 5.69 Å². The Labute approximate surface area is 149 Å². The summed E-state index contributed by atoms with van der Waals surface area (Å²) in [6, 6.07) is 3.84. The third-order valence-electron chi connectivity index (χ3n) is 4.01. The Hall–Kier alpha value is -2.37. The Morgan fingerprint density at radius 1 is 1.28 bits per heavy atom. The minimum Gasteiger partial charge on any atom is -0.496 e. The van der Waals surface area contributed by atoms with E-state index >= 15 is 0 Å². The first-order chi connectivity index (χ1) is 11.7. The van der Waals surface area contributed by atoms with E-state index in [9.17, 15) is 4.79 Å². The van der Waals surface area contributed by atoms with Crippen molar-refractivity contribution in [1.29, 1.82) is 0 Å². The number of hydrogen-bond donors (Lipinski definition) is 1. The predicted molar refractivity (Wildman–Crippen MR) is 97.0 cm³/mol. The SMILES string of the molecule is COc1c(C)ccc(NC(=O)CCCc2nc(C(C)(C)C)no2)c1C. The molecule has 0 atom stereocenters. The van der Waals surface area contributed by atoms with Crippen molar-refractivity contribution in [3.63, 3.8) is 0 Å². The average Bonchev–Trinajstić information content (AvgIpc) is 3.00. The molecule has 0 fully saturated rings. The molecule has 2 rings (SSSR count). The minimum atomic E-state index is -0.138. The molecule has 6 nitrogen and oxygen atoms in total. The molecule has 1 N–H and O–H groups in total. The quantitative estimate of drug-likeness (QED) is 0.857. The van der Waals surface area contributed by atoms with E-state index in [1.807, 2.05) is 46.8 Å². The fraction of sp³-hybridized carbons (Fsp3) is 0.526. The van der Waals surface area contributed by atoms with Gasteiger partial charge in [0.05, 0.1) is 7.11 Å². The number of nitrogens with one attached hydrogen (secondary N) is 1. The topological polar surface area (TPSA) is 77.2 Å². The molecule has 0 bridgehead atoms. The van der Waals surface area contributed by atoms with Gasteiger partial charge in [0.1, 0.15) is 5.75 Å². The molecule has 0 aliphatic carbocycles. The van der Waals surface area contributed by atoms with Crippen LogP contribution >= 0.6 is 0 Å². The second-order valence-corrected chi connectivity index (χ2v) is 7.25. The largest absolute Gasteiger partial charge is 0.496 e. The van der Waals surface area contributed by atoms with E-state index < -0.39 is 0 Å². The van der Waals surface area contributed by atoms with Crippen LogP contribution in [0, 0.1) is 13.8 Å². The summed E-state index contributed by atoms with van der Waals surface area (Å²) in [5, 5.41) is 6.93. The Balaban J connectivity index is 1.88. The van der Waals surface area contributed by atoms with E-state index in [2.05, 4.69) is 15.5 Å². The lowest BCUT2D eigenvalue weighted by Gasteiger charge is -2.14. The van der Waals surface area contributed by atoms with Gasteiger partial charge in [-0.3, -0.25) is 4.79 Å². The van der Waals surface area contributed by atoms with Crippen molar-refractivity contribution in [2.24, 2.45) is 0 Å². The van der Waals surface area contributed by atoms with Crippen molar-refractivity contribution in [2.45, 2.75) is 59.3 Å². The van der Waals surface area contributed by atoms with Crippen LogP contribution in [0.25, 0.3) is 0 Å². The zero-order valence-electron chi connectivity index (χ0n) is 15.9. The molecular formula is C19H27N3O3. The van der Waals surface area contributed by atoms with E-state index in [0.717, 1.165) is 22.6 Å². The second kappa shape index (κ2) is 7.68. The van der Waals surface area contributed by atoms with Gasteiger partial charge >= 0.3 is 0 Å². The Kier molecular flexibility index (Phi) is 5.82. The maximum absolute atomic E-state index is 12.2. The number of ether oxygens (including phenoxy) is 1. The standard InChI is InChI=1S/C19H27N3O3/c1-12-10-11-14(13(2)17(12)24-6)20-15(23)8-7-9-16-21-18(22-25-16)19(3,4)5/h10-11H,7-9H2,1-6H3,(H,20,23). The first kappa shape index (κ1) is 19.0. The lowest BCUT2D eigenvalue weighted by atomic mass is 9.96. The molecule has 1 aromatic heterocycles. The van der Waals surface area contributed by atoms with Gasteiger partial charge in [-0.1, -0.05) is 32.0 Å². The summed E-state index contributed by atoms with van der Waals surface area (Å²) in [7, 11) is 1.64. The van der Waals surface area contributed by atoms with Crippen LogP contribution in [0.3, 0.4) is 0 Å². The molecule has 0 unspecified atom stereocenters. The Morgan fingerprint density at radius 2 is 2.00 bits per heavy atom. The fourth-order valence-corrected chi connectivity index (χ4v) is 2.55. The number of rotatable bonds is 6. The fourth-order valence-electron chi connectivity index (χ4n) is 2.55. The van der Waals surface area contributed by atoms with Crippen LogP contribution < -0.4 is 10.1 Å². The molecule has 0 aliphatic rings. The van der Waals surface area contributed by atoms with Crippen molar-refractivity contribution >= 4 is 11.6 Å². The molecule has 1 heterocycles. The van der Waals surface area contributed by atoms with Crippen LogP contribution in [-0.2, 0) is 16.6 Å². The maximum atomic E-state index is 12.2. The summed E-state index contributed by atoms with van der Waals surface area (Å²) in [4.78, 5) is 16.6. The van der Waals surface area contributed by atoms with Gasteiger partial charge in [-0.05, 0) is 31.9 Å². The number of amides is 1. The number of aromatic nitrogens is 2. The summed E-state index contributed by atoms with van der Waals surface area (Å²) in [5.41, 5.74) is 2.62. The van der Waals surface area contributed by atoms with Gasteiger partial charge in [0, 0.05) is 29.5 Å². The van der Waals surface area contributed by atoms with Crippen molar-refractivity contribution < 1.29 is 14.1 Å². The highest BCUT2D eigenvalue weighted by Crippen LogP contribution is 2.29. The van der Waals surface area contributed by atoms with Gasteiger partial charge in [-0.15, -0.1) is 0 Å². The minimum absolute atomic E-state index is 0.0374. The van der Waals surface area contributed by atoms with Gasteiger partial charge < -0.3 is 14.6 Å². The molecule has 6 heteroatoms. The van der Waals surface area contributed by atoms with Gasteiger partial charge in [0.25, 0.3) is 0 Å². The van der Waals surface area contributed by atoms with Gasteiger partial charge in [0.2, 0.25) is 11.8 Å². The number of aryl methyl sites for hydroxylation is 2. The highest BCUT2D eigenvalue weighted by atomic mass is 16.5. The molecule has 0 spiro atoms. The van der Waals surface area contributed by atoms with Crippen molar-refractivity contribution in [3.8, 4) is 5.75 Å². The molecule has 0 saturated heterocycles. The molecule has 0 aliphatic heterocycles. The number of anilines is 1. The molecule has 136 valence electrons. The third-order valence-corrected chi connectivity index (χ3v) is 4.01. The van der Waals surface area contributed by atoms with Gasteiger partial charge in [-0.25, -0.2) is 0 Å². The number of nitrogens with zero attached hydrogens (tertiary/aromatic N) is 2. The molecular weight excluding hydrogens is 318 g/mol. The average molecular weight is 345 g/mol. The summed E-state index contributed by atoms with van der Waals surface area (Å²) >= 11 is 0. The van der Waals surface area contributed by atoms with E-state index in [-0.39, 0.29) is 11.3 Å². The van der Waals surface area contributed by atoms with Gasteiger partial charge in [0.15, 0.2) is 5.82 Å². The highest BCUT2D eigenvalue weighted by molar-refractivity contribution is 5.92. The third kappa shape index (κ3) is 4.81. The summed E-state index contributed by atoms with van der Waals surface area (Å²) in [6.07, 6.45) is 1.63. The number of hydrogen-bond acceptors (Lipinski definition) is 5. The molecule has 25 heavy (non-hydrogen) atoms. The van der Waals surface area contributed by atoms with Crippen molar-refractivity contribution in [2.75, 3.05) is 12.4 Å². The molecule has 1 amide bonds. The van der Waals surface area contributed by atoms with Crippen LogP contribution in [-0.4, -0.2) is 23.2 Å². The number of methoxy groups -OCH3 is 1. The normalized spacial score (nSPS) is 11.4. The predicted octanol–water partition coefficient (Wildman–Crippen LogP) is 3.95. The lowest BCUT2D eigenvalue weighted by molar-refractivity contribution is -0.116. The summed E-state index contributed by atoms with van der Waals surface area (Å²) in [5.74, 6) is 2.03. The van der Waals surface area contributed by atoms with Crippen LogP contribution in [0.2, 0.25) is 0 Å². The first-order valence-electron chi connectivity index (χ1n) is 8.49. The van der Waals surface area contributed by atoms with E-state index in [1.165, 1.54) is 0 Å². The van der Waals surface area contributed by atoms with E-state index in [4.69, 9.17) is 9.26 Å². The van der Waals surface area contributed by atoms with Crippen LogP contribution in [0.5, 0.6) is 5.75 Å². The van der Waals surface area contributed by atoms with Gasteiger partial charge in [-0.2, -0.15) is 4.98 Å². The zero-order valence-corrected chi connectivity index (χ0v) is 15.9. The highest BCUT2D eigenvalue weighted by Gasteiger charge is 2.20. The number of benzene rings is 1. The lowest BCUT2D eigenvalue weighted by Crippen LogP contribution is -2.14.